The molecule has 2 atom stereocenters. The number of amides is 3. The third kappa shape index (κ3) is 10.1. The predicted octanol–water partition coefficient (Wildman–Crippen LogP) is 2.86. The van der Waals surface area contributed by atoms with Crippen molar-refractivity contribution in [2.24, 2.45) is 22.1 Å². The lowest BCUT2D eigenvalue weighted by molar-refractivity contribution is -0.133. The molecule has 0 radical (unpaired) electrons. The van der Waals surface area contributed by atoms with E-state index >= 15 is 0 Å². The van der Waals surface area contributed by atoms with Gasteiger partial charge in [-0.3, -0.25) is 19.4 Å². The van der Waals surface area contributed by atoms with Crippen LogP contribution in [0, 0.1) is 16.7 Å². The summed E-state index contributed by atoms with van der Waals surface area (Å²) in [7, 11) is 0. The van der Waals surface area contributed by atoms with Crippen LogP contribution in [0.1, 0.15) is 51.5 Å². The Labute approximate surface area is 200 Å². The number of rotatable bonds is 14. The molecule has 0 fully saturated rings. The number of benzene rings is 1. The van der Waals surface area contributed by atoms with Crippen molar-refractivity contribution in [3.05, 3.63) is 53.0 Å². The molecule has 3 amide bonds. The van der Waals surface area contributed by atoms with Crippen LogP contribution in [0.2, 0.25) is 0 Å². The molecule has 9 heteroatoms. The number of hydrogen-bond donors (Lipinski definition) is 3. The number of dihydropyridines is 1. The highest BCUT2D eigenvalue weighted by atomic mass is 16.3. The van der Waals surface area contributed by atoms with Crippen molar-refractivity contribution in [1.29, 1.82) is 0 Å². The lowest BCUT2D eigenvalue weighted by atomic mass is 9.92. The Morgan fingerprint density at radius 1 is 1.12 bits per heavy atom. The van der Waals surface area contributed by atoms with Crippen molar-refractivity contribution in [1.82, 2.24) is 16.1 Å². The Balaban J connectivity index is 2.02. The number of carbonyl (C=O) groups excluding carboxylic acids is 3. The van der Waals surface area contributed by atoms with Crippen molar-refractivity contribution in [3.63, 3.8) is 0 Å². The van der Waals surface area contributed by atoms with Gasteiger partial charge in [0, 0.05) is 37.6 Å². The number of carbonyl (C=O) groups is 3. The maximum absolute atomic E-state index is 13.1. The highest BCUT2D eigenvalue weighted by molar-refractivity contribution is 5.95. The van der Waals surface area contributed by atoms with Crippen LogP contribution in [0.4, 0.5) is 0 Å². The Morgan fingerprint density at radius 2 is 1.88 bits per heavy atom. The van der Waals surface area contributed by atoms with Crippen LogP contribution in [-0.4, -0.2) is 42.6 Å². The molecule has 0 aliphatic carbocycles. The summed E-state index contributed by atoms with van der Waals surface area (Å²) in [5.74, 6) is -1.83. The van der Waals surface area contributed by atoms with Gasteiger partial charge in [-0.15, -0.1) is 4.91 Å². The second kappa shape index (κ2) is 14.7. The average molecular weight is 470 g/mol. The largest absolute Gasteiger partial charge is 0.354 e. The fraction of sp³-hybridized carbons (Fsp3) is 0.520. The summed E-state index contributed by atoms with van der Waals surface area (Å²) >= 11 is 0. The summed E-state index contributed by atoms with van der Waals surface area (Å²) in [6, 6.07) is 8.65. The first-order chi connectivity index (χ1) is 16.4. The normalized spacial score (nSPS) is 14.6. The van der Waals surface area contributed by atoms with Gasteiger partial charge in [0.1, 0.15) is 6.04 Å². The minimum absolute atomic E-state index is 0.144. The lowest BCUT2D eigenvalue weighted by Gasteiger charge is -2.23. The van der Waals surface area contributed by atoms with Gasteiger partial charge in [-0.1, -0.05) is 50.3 Å². The van der Waals surface area contributed by atoms with Crippen LogP contribution < -0.4 is 16.1 Å². The molecule has 1 heterocycles. The van der Waals surface area contributed by atoms with Crippen LogP contribution in [0.3, 0.4) is 0 Å². The summed E-state index contributed by atoms with van der Waals surface area (Å²) in [5.41, 5.74) is 3.78. The SMILES string of the molecule is CC(C)CC(CC(=O)NN=O)C(=O)NC(Cc1ccccc1)C(=O)NCCCC1=NCCC=C1. The van der Waals surface area contributed by atoms with Gasteiger partial charge in [0.15, 0.2) is 0 Å². The first-order valence-electron chi connectivity index (χ1n) is 11.8. The van der Waals surface area contributed by atoms with Crippen molar-refractivity contribution < 1.29 is 14.4 Å². The number of hydrogen-bond acceptors (Lipinski definition) is 6. The zero-order valence-electron chi connectivity index (χ0n) is 20.0. The maximum Gasteiger partial charge on any atom is 0.243 e. The highest BCUT2D eigenvalue weighted by Gasteiger charge is 2.28. The predicted molar refractivity (Wildman–Crippen MR) is 132 cm³/mol. The van der Waals surface area contributed by atoms with Crippen LogP contribution >= 0.6 is 0 Å². The average Bonchev–Trinajstić information content (AvgIpc) is 2.82. The molecular weight excluding hydrogens is 434 g/mol. The zero-order valence-corrected chi connectivity index (χ0v) is 20.0. The molecule has 3 N–H and O–H groups in total. The van der Waals surface area contributed by atoms with Gasteiger partial charge >= 0.3 is 0 Å². The van der Waals surface area contributed by atoms with Gasteiger partial charge in [-0.25, -0.2) is 5.43 Å². The van der Waals surface area contributed by atoms with E-state index in [-0.39, 0.29) is 18.2 Å². The molecule has 2 rings (SSSR count). The van der Waals surface area contributed by atoms with E-state index in [1.54, 1.807) is 0 Å². The Bertz CT molecular complexity index is 883. The number of nitrogens with zero attached hydrogens (tertiary/aromatic N) is 2. The lowest BCUT2D eigenvalue weighted by Crippen LogP contribution is -2.50. The molecule has 0 bridgehead atoms. The third-order valence-corrected chi connectivity index (χ3v) is 5.47. The molecule has 184 valence electrons. The van der Waals surface area contributed by atoms with E-state index in [0.29, 0.717) is 19.4 Å². The van der Waals surface area contributed by atoms with Crippen molar-refractivity contribution in [2.45, 2.75) is 58.4 Å². The van der Waals surface area contributed by atoms with E-state index in [1.807, 2.05) is 55.7 Å². The Kier molecular flexibility index (Phi) is 11.6. The minimum atomic E-state index is -0.788. The van der Waals surface area contributed by atoms with E-state index in [2.05, 4.69) is 27.0 Å². The summed E-state index contributed by atoms with van der Waals surface area (Å²) in [6.45, 7) is 5.16. The van der Waals surface area contributed by atoms with Gasteiger partial charge < -0.3 is 10.6 Å². The third-order valence-electron chi connectivity index (χ3n) is 5.47. The van der Waals surface area contributed by atoms with Crippen molar-refractivity contribution in [2.75, 3.05) is 13.1 Å². The zero-order chi connectivity index (χ0) is 24.8. The molecule has 2 unspecified atom stereocenters. The summed E-state index contributed by atoms with van der Waals surface area (Å²) in [4.78, 5) is 52.7. The Hall–Kier alpha value is -3.36. The molecule has 1 aliphatic heterocycles. The summed E-state index contributed by atoms with van der Waals surface area (Å²) in [5, 5.41) is 8.14. The van der Waals surface area contributed by atoms with Gasteiger partial charge in [0.25, 0.3) is 0 Å². The fourth-order valence-corrected chi connectivity index (χ4v) is 3.84. The standard InChI is InChI=1S/C25H35N5O4/c1-18(2)15-20(17-23(31)29-30-34)24(32)28-22(16-19-9-4-3-5-10-19)25(33)27-14-8-12-21-11-6-7-13-26-21/h3-6,9-11,18,20,22H,7-8,12-17H2,1-2H3,(H,27,33)(H,28,32)(H,29,31,34). The second-order valence-corrected chi connectivity index (χ2v) is 8.87. The molecule has 34 heavy (non-hydrogen) atoms. The molecule has 1 aromatic rings. The van der Waals surface area contributed by atoms with E-state index in [1.165, 1.54) is 0 Å². The van der Waals surface area contributed by atoms with Gasteiger partial charge in [-0.05, 0) is 43.2 Å². The van der Waals surface area contributed by atoms with Gasteiger partial charge in [0.2, 0.25) is 17.7 Å². The first-order valence-corrected chi connectivity index (χ1v) is 11.8. The topological polar surface area (TPSA) is 129 Å². The Morgan fingerprint density at radius 3 is 2.53 bits per heavy atom. The monoisotopic (exact) mass is 469 g/mol. The molecule has 1 aromatic carbocycles. The smallest absolute Gasteiger partial charge is 0.243 e. The summed E-state index contributed by atoms with van der Waals surface area (Å²) < 4.78 is 0. The van der Waals surface area contributed by atoms with Crippen molar-refractivity contribution >= 4 is 23.4 Å². The molecular formula is C25H35N5O4. The molecule has 1 aliphatic rings. The number of aliphatic imine (C=N–C) groups is 1. The van der Waals surface area contributed by atoms with Crippen molar-refractivity contribution in [3.8, 4) is 0 Å². The first kappa shape index (κ1) is 26.9. The quantitative estimate of drug-likeness (QED) is 0.220. The maximum atomic E-state index is 13.1. The fourth-order valence-electron chi connectivity index (χ4n) is 3.84. The molecule has 0 saturated carbocycles. The van der Waals surface area contributed by atoms with Crippen LogP contribution in [0.25, 0.3) is 0 Å². The van der Waals surface area contributed by atoms with E-state index < -0.39 is 23.8 Å². The van der Waals surface area contributed by atoms with Crippen LogP contribution in [-0.2, 0) is 20.8 Å². The van der Waals surface area contributed by atoms with Gasteiger partial charge in [0.05, 0.1) is 5.29 Å². The van der Waals surface area contributed by atoms with E-state index in [0.717, 1.165) is 37.1 Å². The molecule has 9 nitrogen and oxygen atoms in total. The van der Waals surface area contributed by atoms with Crippen LogP contribution in [0.5, 0.6) is 0 Å². The minimum Gasteiger partial charge on any atom is -0.354 e. The highest BCUT2D eigenvalue weighted by Crippen LogP contribution is 2.17. The van der Waals surface area contributed by atoms with Gasteiger partial charge in [-0.2, -0.15) is 0 Å². The molecule has 0 spiro atoms. The summed E-state index contributed by atoms with van der Waals surface area (Å²) in [6.07, 6.45) is 7.20. The van der Waals surface area contributed by atoms with E-state index in [4.69, 9.17) is 0 Å². The van der Waals surface area contributed by atoms with Crippen LogP contribution in [0.15, 0.2) is 52.8 Å². The number of allylic oxidation sites excluding steroid dienone is 1. The molecule has 0 aromatic heterocycles. The van der Waals surface area contributed by atoms with E-state index in [9.17, 15) is 19.3 Å². The number of nitrogens with one attached hydrogen (secondary N) is 3. The number of nitroso groups, excluding NO2 is 1. The molecule has 0 saturated heterocycles. The second-order valence-electron chi connectivity index (χ2n) is 8.87.